The van der Waals surface area contributed by atoms with Crippen LogP contribution in [0.2, 0.25) is 0 Å². The van der Waals surface area contributed by atoms with Gasteiger partial charge in [-0.15, -0.1) is 6.58 Å². The molecule has 0 aromatic heterocycles. The predicted octanol–water partition coefficient (Wildman–Crippen LogP) is -2.58. The van der Waals surface area contributed by atoms with Crippen LogP contribution in [-0.2, 0) is 23.6 Å². The Hall–Kier alpha value is 0.247. The summed E-state index contributed by atoms with van der Waals surface area (Å²) < 4.78 is 23.0. The third-order valence-corrected chi connectivity index (χ3v) is 0.611. The van der Waals surface area contributed by atoms with Crippen LogP contribution in [-0.4, -0.2) is 6.61 Å². The second kappa shape index (κ2) is 7.25. The summed E-state index contributed by atoms with van der Waals surface area (Å²) in [5.74, 6) is 0. The molecule has 0 amide bonds. The Bertz CT molecular complexity index is 112. The fourth-order valence-corrected chi connectivity index (χ4v) is 0.311. The van der Waals surface area contributed by atoms with Gasteiger partial charge in [-0.2, -0.15) is 0 Å². The van der Waals surface area contributed by atoms with E-state index in [9.17, 15) is 8.42 Å². The van der Waals surface area contributed by atoms with Crippen LogP contribution in [0.1, 0.15) is 0 Å². The van der Waals surface area contributed by atoms with Crippen molar-refractivity contribution in [3.05, 3.63) is 12.7 Å². The Labute approximate surface area is 62.1 Å². The molecule has 0 bridgehead atoms. The first-order valence-electron chi connectivity index (χ1n) is 1.61. The van der Waals surface area contributed by atoms with Gasteiger partial charge in [0.2, 0.25) is 0 Å². The largest absolute Gasteiger partial charge is 1.00 e. The van der Waals surface area contributed by atoms with Crippen LogP contribution < -0.4 is 18.9 Å². The van der Waals surface area contributed by atoms with Crippen molar-refractivity contribution in [1.29, 1.82) is 0 Å². The maximum atomic E-state index is 9.49. The van der Waals surface area contributed by atoms with E-state index in [1.807, 2.05) is 0 Å². The molecule has 8 heavy (non-hydrogen) atoms. The molecule has 0 rings (SSSR count). The summed E-state index contributed by atoms with van der Waals surface area (Å²) in [6.07, 6.45) is 1.36. The third-order valence-electron chi connectivity index (χ3n) is 0.282. The summed E-state index contributed by atoms with van der Waals surface area (Å²) in [6, 6.07) is 0. The zero-order valence-corrected chi connectivity index (χ0v) is 5.44. The zero-order chi connectivity index (χ0) is 5.70. The van der Waals surface area contributed by atoms with Gasteiger partial charge in [0.25, 0.3) is 0 Å². The standard InChI is InChI=1S/C3H5O3S.Li/c1-2-3-6-7(4)5;/h2H,1,3H2;/q-1;+1. The van der Waals surface area contributed by atoms with Gasteiger partial charge in [-0.1, -0.05) is 6.08 Å². The Kier molecular flexibility index (Phi) is 10.1. The molecule has 0 saturated heterocycles. The molecule has 5 heteroatoms. The van der Waals surface area contributed by atoms with E-state index in [2.05, 4.69) is 10.8 Å². The van der Waals surface area contributed by atoms with Crippen molar-refractivity contribution in [2.45, 2.75) is 0 Å². The maximum Gasteiger partial charge on any atom is 1.00 e. The molecule has 0 aromatic rings. The second-order valence-corrected chi connectivity index (χ2v) is 1.42. The van der Waals surface area contributed by atoms with Crippen molar-refractivity contribution in [1.82, 2.24) is 0 Å². The predicted molar refractivity (Wildman–Crippen MR) is 24.9 cm³/mol. The van der Waals surface area contributed by atoms with Crippen molar-refractivity contribution in [2.75, 3.05) is 6.61 Å². The second-order valence-electron chi connectivity index (χ2n) is 0.777. The SMILES string of the molecule is C=CCO[S-](=O)=O.[Li+]. The Balaban J connectivity index is 0. The van der Waals surface area contributed by atoms with Crippen molar-refractivity contribution < 1.29 is 31.5 Å². The van der Waals surface area contributed by atoms with Crippen molar-refractivity contribution in [3.8, 4) is 0 Å². The van der Waals surface area contributed by atoms with Crippen LogP contribution in [0.15, 0.2) is 12.7 Å². The van der Waals surface area contributed by atoms with Gasteiger partial charge in [-0.05, 0) is 0 Å². The summed E-state index contributed by atoms with van der Waals surface area (Å²) in [5, 5.41) is 0. The van der Waals surface area contributed by atoms with Gasteiger partial charge < -0.3 is 12.6 Å². The molecule has 0 fully saturated rings. The molecular weight excluding hydrogens is 123 g/mol. The summed E-state index contributed by atoms with van der Waals surface area (Å²) in [7, 11) is -2.39. The van der Waals surface area contributed by atoms with Crippen LogP contribution in [0.3, 0.4) is 0 Å². The van der Waals surface area contributed by atoms with E-state index in [4.69, 9.17) is 0 Å². The molecule has 0 unspecified atom stereocenters. The molecule has 0 aliphatic carbocycles. The fourth-order valence-electron chi connectivity index (χ4n) is 0.104. The fraction of sp³-hybridized carbons (Fsp3) is 0.333. The molecular formula is C3H5LiO3S. The van der Waals surface area contributed by atoms with Gasteiger partial charge in [0.15, 0.2) is 0 Å². The van der Waals surface area contributed by atoms with Crippen molar-refractivity contribution in [3.63, 3.8) is 0 Å². The molecule has 0 heterocycles. The van der Waals surface area contributed by atoms with Crippen LogP contribution in [0.4, 0.5) is 0 Å². The number of hydrogen-bond acceptors (Lipinski definition) is 4. The van der Waals surface area contributed by atoms with E-state index in [1.54, 1.807) is 0 Å². The van der Waals surface area contributed by atoms with Gasteiger partial charge in [0.05, 0.1) is 11.0 Å². The normalized spacial score (nSPS) is 8.12. The summed E-state index contributed by atoms with van der Waals surface area (Å²) in [4.78, 5) is 0. The molecule has 0 atom stereocenters. The molecule has 3 nitrogen and oxygen atoms in total. The van der Waals surface area contributed by atoms with Crippen molar-refractivity contribution in [2.24, 2.45) is 0 Å². The number of hydrogen-bond donors (Lipinski definition) is 0. The van der Waals surface area contributed by atoms with E-state index in [0.717, 1.165) is 0 Å². The van der Waals surface area contributed by atoms with Crippen LogP contribution >= 0.6 is 0 Å². The van der Waals surface area contributed by atoms with Gasteiger partial charge in [0, 0.05) is 6.61 Å². The topological polar surface area (TPSA) is 43.4 Å². The van der Waals surface area contributed by atoms with Gasteiger partial charge in [-0.3, -0.25) is 0 Å². The minimum Gasteiger partial charge on any atom is -0.421 e. The first kappa shape index (κ1) is 11.1. The molecule has 0 aliphatic rings. The summed E-state index contributed by atoms with van der Waals surface area (Å²) in [5.41, 5.74) is 0. The quantitative estimate of drug-likeness (QED) is 0.238. The van der Waals surface area contributed by atoms with Gasteiger partial charge in [0.1, 0.15) is 0 Å². The molecule has 0 aliphatic heterocycles. The third kappa shape index (κ3) is 9.54. The van der Waals surface area contributed by atoms with Crippen molar-refractivity contribution >= 4 is 11.0 Å². The van der Waals surface area contributed by atoms with Crippen LogP contribution in [0.25, 0.3) is 0 Å². The minimum absolute atomic E-state index is 0. The molecule has 42 valence electrons. The Morgan fingerprint density at radius 2 is 2.12 bits per heavy atom. The Morgan fingerprint density at radius 3 is 2.25 bits per heavy atom. The molecule has 0 aromatic carbocycles. The van der Waals surface area contributed by atoms with E-state index >= 15 is 0 Å². The van der Waals surface area contributed by atoms with Crippen LogP contribution in [0.5, 0.6) is 0 Å². The molecule has 0 saturated carbocycles. The van der Waals surface area contributed by atoms with E-state index in [-0.39, 0.29) is 25.5 Å². The summed E-state index contributed by atoms with van der Waals surface area (Å²) >= 11 is 0. The molecule has 0 spiro atoms. The monoisotopic (exact) mass is 128 g/mol. The van der Waals surface area contributed by atoms with Gasteiger partial charge in [-0.25, -0.2) is 0 Å². The van der Waals surface area contributed by atoms with Crippen LogP contribution in [0, 0.1) is 0 Å². The first-order chi connectivity index (χ1) is 3.27. The Morgan fingerprint density at radius 1 is 1.62 bits per heavy atom. The molecule has 0 radical (unpaired) electrons. The zero-order valence-electron chi connectivity index (χ0n) is 4.62. The average molecular weight is 128 g/mol. The smallest absolute Gasteiger partial charge is 0.421 e. The average Bonchev–Trinajstić information content (AvgIpc) is 1.61. The first-order valence-corrected chi connectivity index (χ1v) is 2.61. The van der Waals surface area contributed by atoms with E-state index in [0.29, 0.717) is 0 Å². The van der Waals surface area contributed by atoms with E-state index < -0.39 is 11.0 Å². The van der Waals surface area contributed by atoms with Gasteiger partial charge >= 0.3 is 18.9 Å². The van der Waals surface area contributed by atoms with E-state index in [1.165, 1.54) is 6.08 Å². The summed E-state index contributed by atoms with van der Waals surface area (Å²) in [6.45, 7) is 3.29. The maximum absolute atomic E-state index is 9.49. The molecule has 0 N–H and O–H groups in total. The minimum atomic E-state index is -2.39. The number of rotatable bonds is 3.